The summed E-state index contributed by atoms with van der Waals surface area (Å²) in [6.45, 7) is 4.26. The van der Waals surface area contributed by atoms with Crippen molar-refractivity contribution in [2.45, 2.75) is 5.03 Å². The minimum Gasteiger partial charge on any atom is -0.759 e. The SMILES string of the molecule is COc1ccc(-c2c(C#N)c(N)nc([S-])c2C#N)cc1.C[NH+]1CCOCC1. The van der Waals surface area contributed by atoms with Crippen molar-refractivity contribution in [1.29, 1.82) is 10.5 Å². The number of nitrogens with one attached hydrogen (secondary N) is 1. The highest BCUT2D eigenvalue weighted by atomic mass is 32.1. The zero-order valence-electron chi connectivity index (χ0n) is 15.3. The van der Waals surface area contributed by atoms with E-state index in [4.69, 9.17) is 27.8 Å². The molecule has 8 heteroatoms. The molecule has 1 aliphatic heterocycles. The molecule has 2 heterocycles. The van der Waals surface area contributed by atoms with Crippen molar-refractivity contribution in [3.8, 4) is 29.0 Å². The van der Waals surface area contributed by atoms with Crippen molar-refractivity contribution in [3.05, 3.63) is 35.4 Å². The van der Waals surface area contributed by atoms with Gasteiger partial charge in [-0.3, -0.25) is 4.98 Å². The van der Waals surface area contributed by atoms with Gasteiger partial charge in [0, 0.05) is 5.56 Å². The first-order valence-corrected chi connectivity index (χ1v) is 8.76. The van der Waals surface area contributed by atoms with Gasteiger partial charge in [-0.2, -0.15) is 10.5 Å². The van der Waals surface area contributed by atoms with Crippen molar-refractivity contribution in [3.63, 3.8) is 0 Å². The number of quaternary nitrogens is 1. The summed E-state index contributed by atoms with van der Waals surface area (Å²) in [6.07, 6.45) is 0. The number of anilines is 1. The number of aromatic nitrogens is 1. The van der Waals surface area contributed by atoms with E-state index >= 15 is 0 Å². The second kappa shape index (κ2) is 9.70. The first-order chi connectivity index (χ1) is 13.0. The van der Waals surface area contributed by atoms with Crippen LogP contribution in [0.25, 0.3) is 11.1 Å². The smallest absolute Gasteiger partial charge is 0.140 e. The molecular weight excluding hydrogens is 362 g/mol. The van der Waals surface area contributed by atoms with Crippen LogP contribution < -0.4 is 15.4 Å². The van der Waals surface area contributed by atoms with Crippen LogP contribution in [0.5, 0.6) is 5.75 Å². The Balaban J connectivity index is 0.000000313. The number of rotatable bonds is 2. The molecule has 0 saturated carbocycles. The van der Waals surface area contributed by atoms with Crippen LogP contribution in [0, 0.1) is 22.7 Å². The van der Waals surface area contributed by atoms with Crippen LogP contribution in [0.4, 0.5) is 5.82 Å². The van der Waals surface area contributed by atoms with Gasteiger partial charge in [0.2, 0.25) is 0 Å². The molecule has 1 aromatic heterocycles. The van der Waals surface area contributed by atoms with Crippen molar-refractivity contribution in [1.82, 2.24) is 4.98 Å². The molecule has 0 bridgehead atoms. The Morgan fingerprint density at radius 1 is 1.15 bits per heavy atom. The molecule has 3 rings (SSSR count). The average Bonchev–Trinajstić information content (AvgIpc) is 2.69. The maximum Gasteiger partial charge on any atom is 0.140 e. The molecule has 1 fully saturated rings. The van der Waals surface area contributed by atoms with Crippen LogP contribution in [0.1, 0.15) is 11.1 Å². The molecule has 0 radical (unpaired) electrons. The first kappa shape index (κ1) is 20.4. The third-order valence-corrected chi connectivity index (χ3v) is 4.44. The van der Waals surface area contributed by atoms with Gasteiger partial charge in [-0.1, -0.05) is 17.2 Å². The molecule has 2 aromatic rings. The molecule has 0 aliphatic carbocycles. The number of hydrogen-bond donors (Lipinski definition) is 2. The predicted octanol–water partition coefficient (Wildman–Crippen LogP) is 0.520. The van der Waals surface area contributed by atoms with Crippen LogP contribution in [0.2, 0.25) is 0 Å². The van der Waals surface area contributed by atoms with Gasteiger partial charge in [0.25, 0.3) is 0 Å². The van der Waals surface area contributed by atoms with Gasteiger partial charge in [-0.25, -0.2) is 0 Å². The lowest BCUT2D eigenvalue weighted by Crippen LogP contribution is -3.11. The number of pyridine rings is 1. The Morgan fingerprint density at radius 3 is 2.19 bits per heavy atom. The van der Waals surface area contributed by atoms with Crippen molar-refractivity contribution in [2.75, 3.05) is 46.2 Å². The molecule has 1 aromatic carbocycles. The number of methoxy groups -OCH3 is 1. The van der Waals surface area contributed by atoms with Crippen LogP contribution >= 0.6 is 0 Å². The van der Waals surface area contributed by atoms with E-state index < -0.39 is 0 Å². The van der Waals surface area contributed by atoms with Crippen LogP contribution in [-0.4, -0.2) is 45.4 Å². The van der Waals surface area contributed by atoms with E-state index in [0.29, 0.717) is 16.9 Å². The Morgan fingerprint density at radius 2 is 1.74 bits per heavy atom. The number of morpholine rings is 1. The lowest BCUT2D eigenvalue weighted by Gasteiger charge is -2.18. The number of benzene rings is 1. The fourth-order valence-electron chi connectivity index (χ4n) is 2.56. The number of nitrogens with zero attached hydrogens (tertiary/aromatic N) is 3. The van der Waals surface area contributed by atoms with E-state index in [0.717, 1.165) is 13.2 Å². The summed E-state index contributed by atoms with van der Waals surface area (Å²) in [5, 5.41) is 18.6. The van der Waals surface area contributed by atoms with Crippen LogP contribution in [0.3, 0.4) is 0 Å². The number of likely N-dealkylation sites (N-methyl/N-ethyl adjacent to an activating group) is 1. The number of nitriles is 2. The standard InChI is InChI=1S/C14H10N4OS.C5H11NO/c1-19-9-4-2-8(3-5-9)12-10(6-15)13(17)18-14(20)11(12)7-16;1-6-2-4-7-5-3-6/h2-5H,1H3,(H3,17,18,20);2-5H2,1H3. The summed E-state index contributed by atoms with van der Waals surface area (Å²) >= 11 is 5.03. The highest BCUT2D eigenvalue weighted by Gasteiger charge is 2.15. The lowest BCUT2D eigenvalue weighted by atomic mass is 9.97. The van der Waals surface area contributed by atoms with Gasteiger partial charge in [0.1, 0.15) is 36.3 Å². The van der Waals surface area contributed by atoms with E-state index in [2.05, 4.69) is 12.0 Å². The van der Waals surface area contributed by atoms with Crippen molar-refractivity contribution in [2.24, 2.45) is 0 Å². The second-order valence-corrected chi connectivity index (χ2v) is 6.34. The molecule has 1 saturated heterocycles. The summed E-state index contributed by atoms with van der Waals surface area (Å²) in [5.74, 6) is 0.703. The molecule has 27 heavy (non-hydrogen) atoms. The Kier molecular flexibility index (Phi) is 7.33. The fraction of sp³-hybridized carbons (Fsp3) is 0.316. The molecule has 0 unspecified atom stereocenters. The van der Waals surface area contributed by atoms with Gasteiger partial charge < -0.3 is 32.7 Å². The van der Waals surface area contributed by atoms with E-state index in [9.17, 15) is 10.5 Å². The Bertz CT molecular complexity index is 827. The topological polar surface area (TPSA) is 109 Å². The highest BCUT2D eigenvalue weighted by Crippen LogP contribution is 2.32. The normalized spacial score (nSPS) is 13.6. The van der Waals surface area contributed by atoms with Gasteiger partial charge >= 0.3 is 0 Å². The fourth-order valence-corrected chi connectivity index (χ4v) is 2.81. The molecule has 140 valence electrons. The highest BCUT2D eigenvalue weighted by molar-refractivity contribution is 7.58. The Labute approximate surface area is 164 Å². The summed E-state index contributed by atoms with van der Waals surface area (Å²) in [5.41, 5.74) is 7.12. The average molecular weight is 383 g/mol. The largest absolute Gasteiger partial charge is 0.759 e. The van der Waals surface area contributed by atoms with E-state index in [1.165, 1.54) is 13.1 Å². The quantitative estimate of drug-likeness (QED) is 0.728. The zero-order chi connectivity index (χ0) is 19.8. The van der Waals surface area contributed by atoms with Crippen LogP contribution in [0.15, 0.2) is 29.3 Å². The summed E-state index contributed by atoms with van der Waals surface area (Å²) < 4.78 is 10.2. The summed E-state index contributed by atoms with van der Waals surface area (Å²) in [6, 6.07) is 10.9. The minimum atomic E-state index is 0.0299. The van der Waals surface area contributed by atoms with Crippen molar-refractivity contribution < 1.29 is 14.4 Å². The molecule has 0 spiro atoms. The lowest BCUT2D eigenvalue weighted by molar-refractivity contribution is -0.888. The predicted molar refractivity (Wildman–Crippen MR) is 103 cm³/mol. The Hall–Kier alpha value is -2.91. The summed E-state index contributed by atoms with van der Waals surface area (Å²) in [7, 11) is 3.75. The van der Waals surface area contributed by atoms with E-state index in [1.54, 1.807) is 36.3 Å². The molecule has 1 aliphatic rings. The third-order valence-electron chi connectivity index (χ3n) is 4.14. The van der Waals surface area contributed by atoms with Gasteiger partial charge in [0.15, 0.2) is 0 Å². The minimum absolute atomic E-state index is 0.0299. The third kappa shape index (κ3) is 5.05. The molecule has 3 N–H and O–H groups in total. The molecule has 7 nitrogen and oxygen atoms in total. The molecule has 0 atom stereocenters. The molecular formula is C19H21N5O2S. The number of nitrogen functional groups attached to an aromatic ring is 1. The van der Waals surface area contributed by atoms with E-state index in [-0.39, 0.29) is 22.0 Å². The van der Waals surface area contributed by atoms with Gasteiger partial charge in [0.05, 0.1) is 39.0 Å². The monoisotopic (exact) mass is 383 g/mol. The maximum atomic E-state index is 9.24. The van der Waals surface area contributed by atoms with Gasteiger partial charge in [-0.05, 0) is 17.7 Å². The number of hydrogen-bond acceptors (Lipinski definition) is 7. The van der Waals surface area contributed by atoms with Crippen LogP contribution in [-0.2, 0) is 17.4 Å². The van der Waals surface area contributed by atoms with Crippen molar-refractivity contribution >= 4 is 18.4 Å². The maximum absolute atomic E-state index is 9.24. The second-order valence-electron chi connectivity index (χ2n) is 5.95. The molecule has 0 amide bonds. The van der Waals surface area contributed by atoms with E-state index in [1.807, 2.05) is 12.1 Å². The zero-order valence-corrected chi connectivity index (χ0v) is 16.1. The first-order valence-electron chi connectivity index (χ1n) is 8.36. The number of ether oxygens (including phenoxy) is 2. The van der Waals surface area contributed by atoms with Gasteiger partial charge in [-0.15, -0.1) is 0 Å². The summed E-state index contributed by atoms with van der Waals surface area (Å²) in [4.78, 5) is 5.45. The number of nitrogens with two attached hydrogens (primary N) is 1.